The highest BCUT2D eigenvalue weighted by atomic mass is 32.1. The summed E-state index contributed by atoms with van der Waals surface area (Å²) in [6.07, 6.45) is 0. The Morgan fingerprint density at radius 2 is 1.41 bits per heavy atom. The second-order valence-electron chi connectivity index (χ2n) is 6.93. The Hall–Kier alpha value is -2.91. The lowest BCUT2D eigenvalue weighted by Gasteiger charge is -2.10. The molecule has 0 aliphatic carbocycles. The molecule has 0 fully saturated rings. The topological polar surface area (TPSA) is 4.93 Å². The number of hydrogen-bond donors (Lipinski definition) is 0. The van der Waals surface area contributed by atoms with Gasteiger partial charge in [0.2, 0.25) is 0 Å². The highest BCUT2D eigenvalue weighted by Crippen LogP contribution is 2.46. The normalized spacial score (nSPS) is 11.5. The standard InChI is InChI=1S/C24H18FNS/c1-15-7-9-17(10-8-15)23-24-21(19-5-3-4-6-20(19)27-24)22(26(23)2)16-11-13-18(25)14-12-16/h3-14H,1-2H3. The molecule has 27 heavy (non-hydrogen) atoms. The van der Waals surface area contributed by atoms with Gasteiger partial charge in [-0.3, -0.25) is 0 Å². The Morgan fingerprint density at radius 1 is 0.778 bits per heavy atom. The van der Waals surface area contributed by atoms with Crippen LogP contribution in [0.1, 0.15) is 5.56 Å². The van der Waals surface area contributed by atoms with Gasteiger partial charge in [0, 0.05) is 22.5 Å². The van der Waals surface area contributed by atoms with E-state index in [2.05, 4.69) is 67.1 Å². The predicted octanol–water partition coefficient (Wildman–Crippen LogP) is 7.17. The van der Waals surface area contributed by atoms with Gasteiger partial charge < -0.3 is 4.57 Å². The van der Waals surface area contributed by atoms with Crippen LogP contribution in [0.3, 0.4) is 0 Å². The van der Waals surface area contributed by atoms with Crippen molar-refractivity contribution in [2.75, 3.05) is 0 Å². The first-order valence-corrected chi connectivity index (χ1v) is 9.78. The molecule has 0 unspecified atom stereocenters. The fourth-order valence-corrected chi connectivity index (χ4v) is 5.17. The molecule has 0 amide bonds. The second-order valence-corrected chi connectivity index (χ2v) is 7.98. The molecule has 5 aromatic rings. The summed E-state index contributed by atoms with van der Waals surface area (Å²) in [5, 5.41) is 2.51. The van der Waals surface area contributed by atoms with E-state index in [4.69, 9.17) is 0 Å². The maximum atomic E-state index is 13.5. The predicted molar refractivity (Wildman–Crippen MR) is 114 cm³/mol. The molecule has 5 rings (SSSR count). The van der Waals surface area contributed by atoms with Crippen LogP contribution in [0.25, 0.3) is 42.7 Å². The van der Waals surface area contributed by atoms with Crippen molar-refractivity contribution in [3.8, 4) is 22.5 Å². The molecule has 0 N–H and O–H groups in total. The lowest BCUT2D eigenvalue weighted by atomic mass is 10.1. The van der Waals surface area contributed by atoms with Crippen LogP contribution in [-0.4, -0.2) is 4.57 Å². The summed E-state index contributed by atoms with van der Waals surface area (Å²) in [6.45, 7) is 2.10. The van der Waals surface area contributed by atoms with Crippen LogP contribution in [0.2, 0.25) is 0 Å². The molecule has 0 atom stereocenters. The van der Waals surface area contributed by atoms with E-state index in [0.29, 0.717) is 0 Å². The molecule has 0 spiro atoms. The van der Waals surface area contributed by atoms with Crippen molar-refractivity contribution in [3.63, 3.8) is 0 Å². The van der Waals surface area contributed by atoms with Crippen LogP contribution in [0.15, 0.2) is 72.8 Å². The smallest absolute Gasteiger partial charge is 0.123 e. The van der Waals surface area contributed by atoms with E-state index in [-0.39, 0.29) is 5.82 Å². The number of aromatic nitrogens is 1. The quantitative estimate of drug-likeness (QED) is 0.310. The zero-order valence-corrected chi connectivity index (χ0v) is 16.0. The van der Waals surface area contributed by atoms with E-state index in [1.165, 1.54) is 49.1 Å². The van der Waals surface area contributed by atoms with Gasteiger partial charge in [0.25, 0.3) is 0 Å². The highest BCUT2D eigenvalue weighted by molar-refractivity contribution is 7.26. The lowest BCUT2D eigenvalue weighted by Crippen LogP contribution is -1.95. The number of thiophene rings is 1. The van der Waals surface area contributed by atoms with Crippen molar-refractivity contribution >= 4 is 31.5 Å². The first-order chi connectivity index (χ1) is 13.1. The molecule has 0 aliphatic rings. The maximum absolute atomic E-state index is 13.5. The third kappa shape index (κ3) is 2.50. The van der Waals surface area contributed by atoms with Crippen molar-refractivity contribution in [1.29, 1.82) is 0 Å². The Labute approximate surface area is 161 Å². The summed E-state index contributed by atoms with van der Waals surface area (Å²) < 4.78 is 18.3. The maximum Gasteiger partial charge on any atom is 0.123 e. The second kappa shape index (κ2) is 6.07. The van der Waals surface area contributed by atoms with Crippen LogP contribution in [0.5, 0.6) is 0 Å². The van der Waals surface area contributed by atoms with Gasteiger partial charge in [0.15, 0.2) is 0 Å². The number of rotatable bonds is 2. The Balaban J connectivity index is 1.92. The van der Waals surface area contributed by atoms with Gasteiger partial charge in [0.1, 0.15) is 5.82 Å². The molecule has 0 radical (unpaired) electrons. The molecule has 3 aromatic carbocycles. The number of nitrogens with zero attached hydrogens (tertiary/aromatic N) is 1. The molecule has 2 heterocycles. The number of fused-ring (bicyclic) bond motifs is 3. The van der Waals surface area contributed by atoms with Crippen LogP contribution in [0.4, 0.5) is 4.39 Å². The third-order valence-electron chi connectivity index (χ3n) is 5.16. The minimum atomic E-state index is -0.210. The van der Waals surface area contributed by atoms with Gasteiger partial charge in [0.05, 0.1) is 16.1 Å². The van der Waals surface area contributed by atoms with Crippen molar-refractivity contribution < 1.29 is 4.39 Å². The van der Waals surface area contributed by atoms with Crippen LogP contribution in [0, 0.1) is 12.7 Å². The fourth-order valence-electron chi connectivity index (χ4n) is 3.86. The van der Waals surface area contributed by atoms with E-state index in [9.17, 15) is 4.39 Å². The van der Waals surface area contributed by atoms with Gasteiger partial charge >= 0.3 is 0 Å². The number of hydrogen-bond acceptors (Lipinski definition) is 1. The summed E-state index contributed by atoms with van der Waals surface area (Å²) in [7, 11) is 2.11. The van der Waals surface area contributed by atoms with Gasteiger partial charge in [-0.2, -0.15) is 0 Å². The summed E-state index contributed by atoms with van der Waals surface area (Å²) in [5.74, 6) is -0.210. The SMILES string of the molecule is Cc1ccc(-c2c3sc4ccccc4c3c(-c3ccc(F)cc3)n2C)cc1. The van der Waals surface area contributed by atoms with Gasteiger partial charge in [-0.1, -0.05) is 48.0 Å². The third-order valence-corrected chi connectivity index (χ3v) is 6.34. The van der Waals surface area contributed by atoms with E-state index < -0.39 is 0 Å². The first-order valence-electron chi connectivity index (χ1n) is 8.96. The average molecular weight is 371 g/mol. The summed E-state index contributed by atoms with van der Waals surface area (Å²) in [4.78, 5) is 0. The van der Waals surface area contributed by atoms with Crippen molar-refractivity contribution in [2.24, 2.45) is 7.05 Å². The Kier molecular flexibility index (Phi) is 3.66. The summed E-state index contributed by atoms with van der Waals surface area (Å²) in [6, 6.07) is 24.0. The fraction of sp³-hybridized carbons (Fsp3) is 0.0833. The van der Waals surface area contributed by atoms with Crippen molar-refractivity contribution in [2.45, 2.75) is 6.92 Å². The van der Waals surface area contributed by atoms with E-state index in [1.54, 1.807) is 0 Å². The average Bonchev–Trinajstić information content (AvgIpc) is 3.17. The minimum absolute atomic E-state index is 0.210. The summed E-state index contributed by atoms with van der Waals surface area (Å²) in [5.41, 5.74) is 5.83. The molecule has 1 nitrogen and oxygen atoms in total. The van der Waals surface area contributed by atoms with Crippen LogP contribution >= 0.6 is 11.3 Å². The van der Waals surface area contributed by atoms with E-state index in [1.807, 2.05) is 23.5 Å². The monoisotopic (exact) mass is 371 g/mol. The molecule has 0 saturated carbocycles. The Bertz CT molecular complexity index is 1270. The number of aryl methyl sites for hydroxylation is 1. The zero-order chi connectivity index (χ0) is 18.5. The van der Waals surface area contributed by atoms with Gasteiger partial charge in [-0.15, -0.1) is 11.3 Å². The molecule has 0 aliphatic heterocycles. The zero-order valence-electron chi connectivity index (χ0n) is 15.2. The van der Waals surface area contributed by atoms with Crippen LogP contribution in [-0.2, 0) is 7.05 Å². The van der Waals surface area contributed by atoms with E-state index >= 15 is 0 Å². The largest absolute Gasteiger partial charge is 0.342 e. The first kappa shape index (κ1) is 16.3. The van der Waals surface area contributed by atoms with Gasteiger partial charge in [-0.25, -0.2) is 4.39 Å². The molecule has 2 aromatic heterocycles. The molecule has 0 bridgehead atoms. The van der Waals surface area contributed by atoms with Crippen LogP contribution < -0.4 is 0 Å². The molecular formula is C24H18FNS. The van der Waals surface area contributed by atoms with Crippen molar-refractivity contribution in [3.05, 3.63) is 84.2 Å². The number of benzene rings is 3. The Morgan fingerprint density at radius 3 is 2.15 bits per heavy atom. The number of halogens is 1. The van der Waals surface area contributed by atoms with E-state index in [0.717, 1.165) is 11.3 Å². The minimum Gasteiger partial charge on any atom is -0.342 e. The highest BCUT2D eigenvalue weighted by Gasteiger charge is 2.21. The van der Waals surface area contributed by atoms with Gasteiger partial charge in [-0.05, 0) is 48.4 Å². The lowest BCUT2D eigenvalue weighted by molar-refractivity contribution is 0.628. The molecule has 3 heteroatoms. The molecule has 0 saturated heterocycles. The molecule has 132 valence electrons. The van der Waals surface area contributed by atoms with Crippen molar-refractivity contribution in [1.82, 2.24) is 4.57 Å². The molecular weight excluding hydrogens is 353 g/mol. The summed E-state index contributed by atoms with van der Waals surface area (Å²) >= 11 is 1.83.